The molecule has 10 aromatic carbocycles. The van der Waals surface area contributed by atoms with Crippen LogP contribution in [0.2, 0.25) is 0 Å². The number of hydrogen-bond acceptors (Lipinski definition) is 2. The molecule has 0 atom stereocenters. The van der Waals surface area contributed by atoms with E-state index >= 15 is 0 Å². The third-order valence-electron chi connectivity index (χ3n) is 14.4. The Hall–Kier alpha value is -7.98. The monoisotopic (exact) mass is 845 g/mol. The van der Waals surface area contributed by atoms with E-state index in [0.717, 1.165) is 39.0 Å². The Kier molecular flexibility index (Phi) is 8.40. The smallest absolute Gasteiger partial charge is 0.180 e. The molecule has 1 aliphatic carbocycles. The van der Waals surface area contributed by atoms with E-state index in [1.807, 2.05) is 6.07 Å². The van der Waals surface area contributed by atoms with Crippen molar-refractivity contribution in [2.24, 2.45) is 0 Å². The number of hydrogen-bond donors (Lipinski definition) is 0. The largest absolute Gasteiger partial charge is 0.456 e. The van der Waals surface area contributed by atoms with Gasteiger partial charge in [-0.05, 0) is 120 Å². The van der Waals surface area contributed by atoms with Gasteiger partial charge in [-0.2, -0.15) is 0 Å². The van der Waals surface area contributed by atoms with Crippen LogP contribution in [0.1, 0.15) is 23.6 Å². The van der Waals surface area contributed by atoms with Crippen LogP contribution in [0.4, 0.5) is 17.1 Å². The van der Waals surface area contributed by atoms with Crippen molar-refractivity contribution in [1.82, 2.24) is 0 Å². The summed E-state index contributed by atoms with van der Waals surface area (Å²) in [5.74, 6) is 0. The summed E-state index contributed by atoms with van der Waals surface area (Å²) in [6.45, 7) is 2.39. The maximum absolute atomic E-state index is 6.51. The highest BCUT2D eigenvalue weighted by Crippen LogP contribution is 2.53. The Bertz CT molecular complexity index is 3550. The van der Waals surface area contributed by atoms with Gasteiger partial charge < -0.3 is 9.32 Å². The van der Waals surface area contributed by atoms with Gasteiger partial charge in [-0.1, -0.05) is 194 Å². The summed E-state index contributed by atoms with van der Waals surface area (Å²) in [7, 11) is -2.63. The zero-order chi connectivity index (χ0) is 43.1. The Morgan fingerprint density at radius 1 is 0.369 bits per heavy atom. The van der Waals surface area contributed by atoms with E-state index in [-0.39, 0.29) is 5.41 Å². The lowest BCUT2D eigenvalue weighted by Crippen LogP contribution is -2.72. The van der Waals surface area contributed by atoms with Gasteiger partial charge in [0, 0.05) is 39.3 Å². The molecule has 1 aromatic heterocycles. The molecule has 0 bridgehead atoms. The number of benzene rings is 10. The number of rotatable bonds is 7. The van der Waals surface area contributed by atoms with Gasteiger partial charge in [-0.3, -0.25) is 0 Å². The van der Waals surface area contributed by atoms with Crippen LogP contribution >= 0.6 is 0 Å². The van der Waals surface area contributed by atoms with Crippen LogP contribution in [0.15, 0.2) is 247 Å². The molecule has 13 rings (SSSR count). The minimum Gasteiger partial charge on any atom is -0.456 e. The third-order valence-corrected chi connectivity index (χ3v) is 19.3. The van der Waals surface area contributed by atoms with Gasteiger partial charge in [0.2, 0.25) is 0 Å². The van der Waals surface area contributed by atoms with Crippen molar-refractivity contribution in [3.8, 4) is 33.4 Å². The summed E-state index contributed by atoms with van der Waals surface area (Å²) in [6, 6.07) is 89.9. The van der Waals surface area contributed by atoms with E-state index in [0.29, 0.717) is 0 Å². The second-order valence-electron chi connectivity index (χ2n) is 17.7. The average Bonchev–Trinajstić information content (AvgIpc) is 3.99. The van der Waals surface area contributed by atoms with Gasteiger partial charge in [-0.15, -0.1) is 0 Å². The summed E-state index contributed by atoms with van der Waals surface area (Å²) >= 11 is 0. The fourth-order valence-corrected chi connectivity index (χ4v) is 16.7. The van der Waals surface area contributed by atoms with Crippen molar-refractivity contribution in [2.75, 3.05) is 4.90 Å². The zero-order valence-corrected chi connectivity index (χ0v) is 36.9. The summed E-state index contributed by atoms with van der Waals surface area (Å²) in [6.07, 6.45) is 0. The topological polar surface area (TPSA) is 16.4 Å². The molecule has 65 heavy (non-hydrogen) atoms. The van der Waals surface area contributed by atoms with Gasteiger partial charge in [0.15, 0.2) is 8.07 Å². The van der Waals surface area contributed by atoms with E-state index in [9.17, 15) is 0 Å². The number of furan rings is 1. The van der Waals surface area contributed by atoms with E-state index in [1.54, 1.807) is 0 Å². The molecular weight excluding hydrogens is 803 g/mol. The number of nitrogens with zero attached hydrogens (tertiary/aromatic N) is 1. The Morgan fingerprint density at radius 2 is 0.923 bits per heavy atom. The molecule has 0 N–H and O–H groups in total. The van der Waals surface area contributed by atoms with Gasteiger partial charge in [-0.25, -0.2) is 0 Å². The molecule has 2 heterocycles. The lowest BCUT2D eigenvalue weighted by molar-refractivity contribution is 0.669. The predicted molar refractivity (Wildman–Crippen MR) is 274 cm³/mol. The average molecular weight is 846 g/mol. The van der Waals surface area contributed by atoms with Crippen LogP contribution in [-0.2, 0) is 5.41 Å². The molecule has 2 nitrogen and oxygen atoms in total. The van der Waals surface area contributed by atoms with Crippen molar-refractivity contribution in [3.63, 3.8) is 0 Å². The normalized spacial score (nSPS) is 13.9. The van der Waals surface area contributed by atoms with Crippen LogP contribution in [0, 0.1) is 0 Å². The molecule has 0 saturated carbocycles. The molecule has 1 aliphatic heterocycles. The number of para-hydroxylation sites is 1. The Morgan fingerprint density at radius 3 is 1.65 bits per heavy atom. The van der Waals surface area contributed by atoms with Crippen LogP contribution < -0.4 is 25.6 Å². The van der Waals surface area contributed by atoms with Crippen LogP contribution in [0.25, 0.3) is 55.3 Å². The van der Waals surface area contributed by atoms with Gasteiger partial charge >= 0.3 is 0 Å². The second kappa shape index (κ2) is 14.5. The lowest BCUT2D eigenvalue weighted by Gasteiger charge is -2.32. The van der Waals surface area contributed by atoms with Crippen LogP contribution in [0.3, 0.4) is 0 Å². The number of fused-ring (bicyclic) bond motifs is 9. The maximum atomic E-state index is 6.51. The zero-order valence-electron chi connectivity index (χ0n) is 35.9. The molecule has 2 aliphatic rings. The number of anilines is 3. The van der Waals surface area contributed by atoms with Crippen LogP contribution in [-0.4, -0.2) is 8.07 Å². The van der Waals surface area contributed by atoms with Crippen molar-refractivity contribution in [2.45, 2.75) is 12.3 Å². The fourth-order valence-electron chi connectivity index (χ4n) is 11.5. The molecular formula is C62H43NOSi. The predicted octanol–water partition coefficient (Wildman–Crippen LogP) is 13.4. The standard InChI is InChI=1S/C62H43NOSi/c1-62(56-28-10-5-23-50(56)51-24-6-11-29-57(51)62)44-18-16-19-46(40-44)63(47-37-38-53-52-25-7-12-30-58(52)64-59(53)41-47)45-35-33-42(34-36-45)43-17-15-22-49(39-43)65(48-20-3-2-4-21-48)60-31-13-8-26-54(60)55-27-9-14-32-61(55)65/h2-41H,1H3. The minimum atomic E-state index is -2.63. The van der Waals surface area contributed by atoms with E-state index in [1.165, 1.54) is 70.8 Å². The summed E-state index contributed by atoms with van der Waals surface area (Å²) < 4.78 is 6.51. The second-order valence-corrected chi connectivity index (χ2v) is 21.4. The Labute approximate surface area is 380 Å². The first-order valence-corrected chi connectivity index (χ1v) is 24.6. The fraction of sp³-hybridized carbons (Fsp3) is 0.0323. The third kappa shape index (κ3) is 5.52. The van der Waals surface area contributed by atoms with Crippen molar-refractivity contribution in [3.05, 3.63) is 259 Å². The molecule has 0 fully saturated rings. The van der Waals surface area contributed by atoms with Gasteiger partial charge in [0.05, 0.1) is 0 Å². The molecule has 0 unspecified atom stereocenters. The van der Waals surface area contributed by atoms with Gasteiger partial charge in [0.25, 0.3) is 0 Å². The van der Waals surface area contributed by atoms with Gasteiger partial charge in [0.1, 0.15) is 11.2 Å². The van der Waals surface area contributed by atoms with Crippen molar-refractivity contribution >= 4 is 67.8 Å². The highest BCUT2D eigenvalue weighted by atomic mass is 28.3. The summed E-state index contributed by atoms with van der Waals surface area (Å²) in [5.41, 5.74) is 16.3. The molecule has 3 heteroatoms. The molecule has 0 radical (unpaired) electrons. The molecule has 306 valence electrons. The van der Waals surface area contributed by atoms with Crippen molar-refractivity contribution < 1.29 is 4.42 Å². The minimum absolute atomic E-state index is 0.326. The molecule has 0 spiro atoms. The van der Waals surface area contributed by atoms with Crippen LogP contribution in [0.5, 0.6) is 0 Å². The SMILES string of the molecule is CC1(c2cccc(N(c3ccc(-c4cccc([Si]5(c6ccccc6)c6ccccc6-c6ccccc65)c4)cc3)c3ccc4c(c3)oc3ccccc34)c2)c2ccccc2-c2ccccc21. The van der Waals surface area contributed by atoms with E-state index < -0.39 is 8.07 Å². The molecule has 0 amide bonds. The summed E-state index contributed by atoms with van der Waals surface area (Å²) in [5, 5.41) is 7.95. The Balaban J connectivity index is 0.951. The first kappa shape index (κ1) is 37.6. The van der Waals surface area contributed by atoms with E-state index in [2.05, 4.69) is 248 Å². The molecule has 11 aromatic rings. The first-order chi connectivity index (χ1) is 32.1. The highest BCUT2D eigenvalue weighted by Gasteiger charge is 2.48. The highest BCUT2D eigenvalue weighted by molar-refractivity contribution is 7.22. The lowest BCUT2D eigenvalue weighted by atomic mass is 9.74. The quantitative estimate of drug-likeness (QED) is 0.149. The molecule has 0 saturated heterocycles. The van der Waals surface area contributed by atoms with E-state index in [4.69, 9.17) is 4.42 Å². The summed E-state index contributed by atoms with van der Waals surface area (Å²) in [4.78, 5) is 2.39. The maximum Gasteiger partial charge on any atom is 0.180 e. The first-order valence-electron chi connectivity index (χ1n) is 22.6. The van der Waals surface area contributed by atoms with Crippen molar-refractivity contribution in [1.29, 1.82) is 0 Å².